The molecule has 0 fully saturated rings. The number of rotatable bonds is 5. The first-order valence-electron chi connectivity index (χ1n) is 7.93. The molecular formula is C18H22N2O2S. The van der Waals surface area contributed by atoms with Gasteiger partial charge in [0.05, 0.1) is 10.6 Å². The van der Waals surface area contributed by atoms with Crippen molar-refractivity contribution in [2.24, 2.45) is 5.73 Å². The number of aliphatic hydroxyl groups excluding tert-OH is 1. The Morgan fingerprint density at radius 1 is 1.30 bits per heavy atom. The molecule has 0 aliphatic heterocycles. The Balaban J connectivity index is 2.01. The van der Waals surface area contributed by atoms with Crippen LogP contribution in [0.4, 0.5) is 5.00 Å². The number of carbonyl (C=O) groups is 1. The second kappa shape index (κ2) is 6.34. The summed E-state index contributed by atoms with van der Waals surface area (Å²) in [6.45, 7) is 0.195. The van der Waals surface area contributed by atoms with Crippen molar-refractivity contribution in [3.8, 4) is 0 Å². The van der Waals surface area contributed by atoms with E-state index < -0.39 is 5.91 Å². The van der Waals surface area contributed by atoms with E-state index in [0.29, 0.717) is 10.6 Å². The minimum absolute atomic E-state index is 0.00317. The van der Waals surface area contributed by atoms with Crippen LogP contribution in [0.25, 0.3) is 0 Å². The van der Waals surface area contributed by atoms with E-state index >= 15 is 0 Å². The third-order valence-corrected chi connectivity index (χ3v) is 5.98. The number of hydrogen-bond donors (Lipinski definition) is 3. The van der Waals surface area contributed by atoms with Crippen LogP contribution >= 0.6 is 11.3 Å². The number of carbonyl (C=O) groups excluding carboxylic acids is 1. The number of anilines is 1. The zero-order chi connectivity index (χ0) is 16.4. The third-order valence-electron chi connectivity index (χ3n) is 4.92. The predicted molar refractivity (Wildman–Crippen MR) is 93.7 cm³/mol. The number of aliphatic hydroxyl groups is 1. The van der Waals surface area contributed by atoms with Crippen LogP contribution in [0.5, 0.6) is 0 Å². The molecule has 1 aromatic carbocycles. The van der Waals surface area contributed by atoms with Crippen molar-refractivity contribution in [3.05, 3.63) is 51.9 Å². The number of fused-ring (bicyclic) bond motifs is 1. The van der Waals surface area contributed by atoms with Gasteiger partial charge in [-0.05, 0) is 43.2 Å². The van der Waals surface area contributed by atoms with E-state index in [9.17, 15) is 9.90 Å². The average molecular weight is 330 g/mol. The minimum atomic E-state index is -0.428. The highest BCUT2D eigenvalue weighted by Crippen LogP contribution is 2.46. The van der Waals surface area contributed by atoms with E-state index in [2.05, 4.69) is 24.3 Å². The zero-order valence-electron chi connectivity index (χ0n) is 13.0. The maximum Gasteiger partial charge on any atom is 0.251 e. The molecule has 2 aromatic rings. The van der Waals surface area contributed by atoms with E-state index in [1.54, 1.807) is 0 Å². The predicted octanol–water partition coefficient (Wildman–Crippen LogP) is 2.63. The van der Waals surface area contributed by atoms with Crippen LogP contribution in [0, 0.1) is 0 Å². The molecule has 1 atom stereocenters. The Morgan fingerprint density at radius 2 is 2.04 bits per heavy atom. The molecule has 3 rings (SSSR count). The number of primary amides is 1. The monoisotopic (exact) mass is 330 g/mol. The fraction of sp³-hybridized carbons (Fsp3) is 0.389. The van der Waals surface area contributed by atoms with Gasteiger partial charge in [0.15, 0.2) is 0 Å². The lowest BCUT2D eigenvalue weighted by Gasteiger charge is -2.38. The number of amides is 1. The molecule has 5 heteroatoms. The molecule has 0 bridgehead atoms. The summed E-state index contributed by atoms with van der Waals surface area (Å²) < 4.78 is 0. The number of benzene rings is 1. The highest BCUT2D eigenvalue weighted by atomic mass is 32.1. The summed E-state index contributed by atoms with van der Waals surface area (Å²) in [6, 6.07) is 10.5. The lowest BCUT2D eigenvalue weighted by Crippen LogP contribution is -2.33. The molecular weight excluding hydrogens is 308 g/mol. The molecule has 122 valence electrons. The number of hydrogen-bond acceptors (Lipinski definition) is 4. The molecule has 1 aliphatic carbocycles. The molecule has 1 aliphatic rings. The van der Waals surface area contributed by atoms with E-state index in [-0.39, 0.29) is 12.0 Å². The van der Waals surface area contributed by atoms with E-state index in [4.69, 9.17) is 11.5 Å². The maximum absolute atomic E-state index is 11.7. The van der Waals surface area contributed by atoms with E-state index in [1.165, 1.54) is 21.8 Å². The van der Waals surface area contributed by atoms with Crippen molar-refractivity contribution >= 4 is 22.2 Å². The average Bonchev–Trinajstić information content (AvgIpc) is 2.88. The lowest BCUT2D eigenvalue weighted by molar-refractivity contribution is 0.1000. The summed E-state index contributed by atoms with van der Waals surface area (Å²) in [5.74, 6) is -0.428. The number of nitrogen functional groups attached to an aromatic ring is 1. The van der Waals surface area contributed by atoms with Crippen LogP contribution in [-0.4, -0.2) is 17.6 Å². The quantitative estimate of drug-likeness (QED) is 0.787. The van der Waals surface area contributed by atoms with Gasteiger partial charge in [-0.25, -0.2) is 0 Å². The van der Waals surface area contributed by atoms with Gasteiger partial charge in [-0.1, -0.05) is 30.3 Å². The van der Waals surface area contributed by atoms with Crippen LogP contribution in [0.2, 0.25) is 0 Å². The van der Waals surface area contributed by atoms with Crippen LogP contribution in [0.15, 0.2) is 30.3 Å². The van der Waals surface area contributed by atoms with Gasteiger partial charge in [-0.3, -0.25) is 4.79 Å². The second-order valence-electron chi connectivity index (χ2n) is 6.26. The molecule has 1 unspecified atom stereocenters. The van der Waals surface area contributed by atoms with Gasteiger partial charge in [0.1, 0.15) is 0 Å². The molecule has 0 radical (unpaired) electrons. The first-order valence-corrected chi connectivity index (χ1v) is 8.75. The SMILES string of the molecule is NC(=O)c1c(N)sc2c1CCC(CCCO)(c1ccccc1)C2. The van der Waals surface area contributed by atoms with Crippen molar-refractivity contribution < 1.29 is 9.90 Å². The number of thiophene rings is 1. The molecule has 4 nitrogen and oxygen atoms in total. The summed E-state index contributed by atoms with van der Waals surface area (Å²) in [7, 11) is 0. The Bertz CT molecular complexity index is 711. The Kier molecular flexibility index (Phi) is 4.41. The van der Waals surface area contributed by atoms with Gasteiger partial charge in [-0.15, -0.1) is 11.3 Å². The third kappa shape index (κ3) is 2.86. The molecule has 1 amide bonds. The summed E-state index contributed by atoms with van der Waals surface area (Å²) in [4.78, 5) is 12.8. The summed E-state index contributed by atoms with van der Waals surface area (Å²) in [5, 5.41) is 9.83. The van der Waals surface area contributed by atoms with Crippen LogP contribution in [0.3, 0.4) is 0 Å². The Hall–Kier alpha value is -1.85. The number of nitrogens with two attached hydrogens (primary N) is 2. The summed E-state index contributed by atoms with van der Waals surface area (Å²) >= 11 is 1.49. The summed E-state index contributed by atoms with van der Waals surface area (Å²) in [5.41, 5.74) is 14.4. The van der Waals surface area contributed by atoms with Gasteiger partial charge >= 0.3 is 0 Å². The van der Waals surface area contributed by atoms with Gasteiger partial charge in [0, 0.05) is 16.9 Å². The first kappa shape index (κ1) is 16.0. The Labute approximate surface area is 140 Å². The zero-order valence-corrected chi connectivity index (χ0v) is 13.9. The van der Waals surface area contributed by atoms with Gasteiger partial charge < -0.3 is 16.6 Å². The molecule has 1 heterocycles. The van der Waals surface area contributed by atoms with Crippen molar-refractivity contribution in [1.29, 1.82) is 0 Å². The van der Waals surface area contributed by atoms with Crippen molar-refractivity contribution in [3.63, 3.8) is 0 Å². The fourth-order valence-electron chi connectivity index (χ4n) is 3.78. The fourth-order valence-corrected chi connectivity index (χ4v) is 5.05. The molecule has 0 saturated heterocycles. The largest absolute Gasteiger partial charge is 0.396 e. The van der Waals surface area contributed by atoms with Crippen molar-refractivity contribution in [1.82, 2.24) is 0 Å². The second-order valence-corrected chi connectivity index (χ2v) is 7.39. The standard InChI is InChI=1S/C18H22N2O2S/c19-16(22)15-13-7-9-18(8-4-10-21,11-14(13)23-17(15)20)12-5-2-1-3-6-12/h1-3,5-6,21H,4,7-11,20H2,(H2,19,22). The Morgan fingerprint density at radius 3 is 2.70 bits per heavy atom. The lowest BCUT2D eigenvalue weighted by atomic mass is 9.67. The van der Waals surface area contributed by atoms with E-state index in [1.807, 2.05) is 6.07 Å². The molecule has 5 N–H and O–H groups in total. The van der Waals surface area contributed by atoms with Gasteiger partial charge in [0.25, 0.3) is 5.91 Å². The molecule has 0 saturated carbocycles. The first-order chi connectivity index (χ1) is 11.1. The van der Waals surface area contributed by atoms with Crippen LogP contribution in [0.1, 0.15) is 45.6 Å². The maximum atomic E-state index is 11.7. The highest BCUT2D eigenvalue weighted by molar-refractivity contribution is 7.16. The van der Waals surface area contributed by atoms with Crippen molar-refractivity contribution in [2.45, 2.75) is 37.5 Å². The highest BCUT2D eigenvalue weighted by Gasteiger charge is 2.38. The molecule has 0 spiro atoms. The smallest absolute Gasteiger partial charge is 0.251 e. The van der Waals surface area contributed by atoms with Crippen molar-refractivity contribution in [2.75, 3.05) is 12.3 Å². The summed E-state index contributed by atoms with van der Waals surface area (Å²) in [6.07, 6.45) is 4.31. The molecule has 1 aromatic heterocycles. The minimum Gasteiger partial charge on any atom is -0.396 e. The normalized spacial score (nSPS) is 20.2. The van der Waals surface area contributed by atoms with E-state index in [0.717, 1.165) is 37.7 Å². The topological polar surface area (TPSA) is 89.3 Å². The molecule has 23 heavy (non-hydrogen) atoms. The van der Waals surface area contributed by atoms with Gasteiger partial charge in [-0.2, -0.15) is 0 Å². The van der Waals surface area contributed by atoms with Gasteiger partial charge in [0.2, 0.25) is 0 Å². The van der Waals surface area contributed by atoms with Crippen LogP contribution < -0.4 is 11.5 Å². The van der Waals surface area contributed by atoms with Crippen LogP contribution in [-0.2, 0) is 18.3 Å².